The van der Waals surface area contributed by atoms with E-state index in [2.05, 4.69) is 6.58 Å². The molecular weight excluding hydrogens is 242 g/mol. The highest BCUT2D eigenvalue weighted by Gasteiger charge is 2.35. The van der Waals surface area contributed by atoms with Crippen molar-refractivity contribution in [3.05, 3.63) is 48.6 Å². The van der Waals surface area contributed by atoms with Crippen molar-refractivity contribution in [2.24, 2.45) is 0 Å². The highest BCUT2D eigenvalue weighted by molar-refractivity contribution is 5.81. The highest BCUT2D eigenvalue weighted by atomic mass is 16.6. The van der Waals surface area contributed by atoms with E-state index in [0.29, 0.717) is 11.0 Å². The molecule has 0 aliphatic rings. The quantitative estimate of drug-likeness (QED) is 0.368. The van der Waals surface area contributed by atoms with Gasteiger partial charge in [-0.3, -0.25) is 4.48 Å². The van der Waals surface area contributed by atoms with E-state index in [1.165, 1.54) is 0 Å². The van der Waals surface area contributed by atoms with E-state index in [4.69, 9.17) is 4.74 Å². The number of carbonyl (C=O) groups excluding carboxylic acids is 1. The van der Waals surface area contributed by atoms with Crippen LogP contribution >= 0.6 is 0 Å². The summed E-state index contributed by atoms with van der Waals surface area (Å²) in [4.78, 5) is 11.4. The first-order valence-electron chi connectivity index (χ1n) is 6.24. The summed E-state index contributed by atoms with van der Waals surface area (Å²) in [6.07, 6.45) is -0.286. The molecule has 0 aromatic heterocycles. The number of benzene rings is 1. The van der Waals surface area contributed by atoms with Crippen LogP contribution in [0.5, 0.6) is 0 Å². The Morgan fingerprint density at radius 1 is 1.42 bits per heavy atom. The highest BCUT2D eigenvalue weighted by Crippen LogP contribution is 2.18. The van der Waals surface area contributed by atoms with Crippen LogP contribution in [0.15, 0.2) is 43.0 Å². The van der Waals surface area contributed by atoms with Gasteiger partial charge in [-0.2, -0.15) is 0 Å². The molecule has 2 atom stereocenters. The van der Waals surface area contributed by atoms with Crippen LogP contribution in [0.3, 0.4) is 0 Å². The smallest absolute Gasteiger partial charge is 0.334 e. The molecule has 0 saturated carbocycles. The van der Waals surface area contributed by atoms with Gasteiger partial charge in [0.1, 0.15) is 12.6 Å². The van der Waals surface area contributed by atoms with Gasteiger partial charge >= 0.3 is 5.97 Å². The van der Waals surface area contributed by atoms with Crippen LogP contribution < -0.4 is 0 Å². The fourth-order valence-electron chi connectivity index (χ4n) is 2.14. The average molecular weight is 264 g/mol. The van der Waals surface area contributed by atoms with Gasteiger partial charge in [0.05, 0.1) is 14.1 Å². The lowest BCUT2D eigenvalue weighted by Crippen LogP contribution is -2.55. The number of quaternary nitrogens is 1. The molecule has 0 aliphatic heterocycles. The third kappa shape index (κ3) is 4.50. The van der Waals surface area contributed by atoms with Gasteiger partial charge in [-0.05, 0) is 6.92 Å². The Hall–Kier alpha value is -1.65. The zero-order valence-corrected chi connectivity index (χ0v) is 11.7. The van der Waals surface area contributed by atoms with Gasteiger partial charge in [0.25, 0.3) is 6.23 Å². The normalized spacial score (nSPS) is 14.5. The Bertz CT molecular complexity index is 426. The molecule has 1 aromatic rings. The Morgan fingerprint density at radius 3 is 2.47 bits per heavy atom. The van der Waals surface area contributed by atoms with Crippen molar-refractivity contribution >= 4 is 5.97 Å². The van der Waals surface area contributed by atoms with E-state index < -0.39 is 18.3 Å². The van der Waals surface area contributed by atoms with Crippen LogP contribution in [-0.4, -0.2) is 42.0 Å². The van der Waals surface area contributed by atoms with Gasteiger partial charge < -0.3 is 9.84 Å². The van der Waals surface area contributed by atoms with Crippen LogP contribution in [0.4, 0.5) is 0 Å². The second-order valence-electron chi connectivity index (χ2n) is 5.19. The Kier molecular flexibility index (Phi) is 5.27. The van der Waals surface area contributed by atoms with Crippen LogP contribution in [0.2, 0.25) is 0 Å². The Morgan fingerprint density at radius 2 is 2.00 bits per heavy atom. The summed E-state index contributed by atoms with van der Waals surface area (Å²) in [5, 5.41) is 9.84. The minimum Gasteiger partial charge on any atom is -0.406 e. The van der Waals surface area contributed by atoms with E-state index >= 15 is 0 Å². The third-order valence-electron chi connectivity index (χ3n) is 2.94. The third-order valence-corrected chi connectivity index (χ3v) is 2.94. The molecule has 4 heteroatoms. The summed E-state index contributed by atoms with van der Waals surface area (Å²) in [5.74, 6) is -0.523. The summed E-state index contributed by atoms with van der Waals surface area (Å²) in [6, 6.07) is 9.89. The zero-order valence-electron chi connectivity index (χ0n) is 11.7. The lowest BCUT2D eigenvalue weighted by Gasteiger charge is -2.38. The second-order valence-corrected chi connectivity index (χ2v) is 5.19. The van der Waals surface area contributed by atoms with E-state index in [9.17, 15) is 9.90 Å². The number of aliphatic hydroxyl groups is 1. The molecule has 1 rings (SSSR count). The van der Waals surface area contributed by atoms with E-state index in [1.54, 1.807) is 6.92 Å². The molecule has 0 amide bonds. The Balaban J connectivity index is 2.86. The summed E-state index contributed by atoms with van der Waals surface area (Å²) in [7, 11) is 3.83. The average Bonchev–Trinajstić information content (AvgIpc) is 2.35. The van der Waals surface area contributed by atoms with Crippen molar-refractivity contribution in [3.8, 4) is 0 Å². The standard InChI is InChI=1S/C15H22NO3/c1-5-14(18)19-15(12(2)17)16(3,4)11-13-9-7-6-8-10-13/h5-10,12,15,17H,1,11H2,2-4H3/q+1. The van der Waals surface area contributed by atoms with E-state index in [0.717, 1.165) is 11.6 Å². The topological polar surface area (TPSA) is 46.5 Å². The summed E-state index contributed by atoms with van der Waals surface area (Å²) >= 11 is 0. The van der Waals surface area contributed by atoms with Gasteiger partial charge in [0, 0.05) is 11.6 Å². The first-order valence-corrected chi connectivity index (χ1v) is 6.24. The maximum absolute atomic E-state index is 11.4. The second kappa shape index (κ2) is 6.50. The summed E-state index contributed by atoms with van der Waals surface area (Å²) < 4.78 is 5.61. The molecular formula is C15H22NO3+. The first kappa shape index (κ1) is 15.4. The molecule has 19 heavy (non-hydrogen) atoms. The van der Waals surface area contributed by atoms with Crippen molar-refractivity contribution in [1.82, 2.24) is 0 Å². The molecule has 0 spiro atoms. The van der Waals surface area contributed by atoms with E-state index in [-0.39, 0.29) is 0 Å². The molecule has 0 saturated heterocycles. The van der Waals surface area contributed by atoms with Gasteiger partial charge in [0.2, 0.25) is 0 Å². The number of likely N-dealkylation sites (N-methyl/N-ethyl adjacent to an activating group) is 1. The molecule has 0 radical (unpaired) electrons. The number of rotatable bonds is 6. The predicted molar refractivity (Wildman–Crippen MR) is 74.0 cm³/mol. The zero-order chi connectivity index (χ0) is 14.5. The van der Waals surface area contributed by atoms with Crippen molar-refractivity contribution < 1.29 is 19.1 Å². The molecule has 0 heterocycles. The molecule has 2 unspecified atom stereocenters. The minimum atomic E-state index is -0.761. The predicted octanol–water partition coefficient (Wildman–Crippen LogP) is 1.70. The molecule has 0 bridgehead atoms. The molecule has 104 valence electrons. The van der Waals surface area contributed by atoms with Crippen LogP contribution in [0.1, 0.15) is 12.5 Å². The maximum atomic E-state index is 11.4. The van der Waals surface area contributed by atoms with Crippen LogP contribution in [-0.2, 0) is 16.1 Å². The number of hydrogen-bond acceptors (Lipinski definition) is 3. The summed E-state index contributed by atoms with van der Waals surface area (Å²) in [5.41, 5.74) is 1.12. The SMILES string of the molecule is C=CC(=O)OC(C(C)O)[N+](C)(C)Cc1ccccc1. The number of aliphatic hydroxyl groups excluding tert-OH is 1. The number of esters is 1. The van der Waals surface area contributed by atoms with Gasteiger partial charge in [-0.25, -0.2) is 4.79 Å². The van der Waals surface area contributed by atoms with Crippen LogP contribution in [0.25, 0.3) is 0 Å². The van der Waals surface area contributed by atoms with Gasteiger partial charge in [-0.15, -0.1) is 0 Å². The molecule has 0 aliphatic carbocycles. The Labute approximate surface area is 114 Å². The lowest BCUT2D eigenvalue weighted by atomic mass is 10.1. The van der Waals surface area contributed by atoms with Crippen molar-refractivity contribution in [2.75, 3.05) is 14.1 Å². The molecule has 1 aromatic carbocycles. The lowest BCUT2D eigenvalue weighted by molar-refractivity contribution is -0.950. The number of nitrogens with zero attached hydrogens (tertiary/aromatic N) is 1. The number of hydrogen-bond donors (Lipinski definition) is 1. The number of ether oxygens (including phenoxy) is 1. The number of carbonyl (C=O) groups is 1. The van der Waals surface area contributed by atoms with Gasteiger partial charge in [0.15, 0.2) is 0 Å². The van der Waals surface area contributed by atoms with Gasteiger partial charge in [-0.1, -0.05) is 36.9 Å². The fourth-order valence-corrected chi connectivity index (χ4v) is 2.14. The first-order chi connectivity index (χ1) is 8.86. The molecule has 0 fully saturated rings. The minimum absolute atomic E-state index is 0.348. The maximum Gasteiger partial charge on any atom is 0.334 e. The summed E-state index contributed by atoms with van der Waals surface area (Å²) in [6.45, 7) is 5.65. The monoisotopic (exact) mass is 264 g/mol. The fraction of sp³-hybridized carbons (Fsp3) is 0.400. The molecule has 4 nitrogen and oxygen atoms in total. The van der Waals surface area contributed by atoms with Crippen molar-refractivity contribution in [1.29, 1.82) is 0 Å². The van der Waals surface area contributed by atoms with Crippen molar-refractivity contribution in [2.45, 2.75) is 25.8 Å². The van der Waals surface area contributed by atoms with Crippen LogP contribution in [0, 0.1) is 0 Å². The van der Waals surface area contributed by atoms with Crippen molar-refractivity contribution in [3.63, 3.8) is 0 Å². The largest absolute Gasteiger partial charge is 0.406 e. The molecule has 1 N–H and O–H groups in total. The van der Waals surface area contributed by atoms with E-state index in [1.807, 2.05) is 44.4 Å².